The molecule has 27 heavy (non-hydrogen) atoms. The lowest BCUT2D eigenvalue weighted by Gasteiger charge is -2.26. The van der Waals surface area contributed by atoms with Gasteiger partial charge in [0.1, 0.15) is 5.01 Å². The summed E-state index contributed by atoms with van der Waals surface area (Å²) in [5, 5.41) is 13.3. The van der Waals surface area contributed by atoms with E-state index in [-0.39, 0.29) is 30.7 Å². The maximum atomic E-state index is 12.8. The number of aryl methyl sites for hydroxylation is 1. The van der Waals surface area contributed by atoms with Crippen LogP contribution in [0.4, 0.5) is 5.13 Å². The minimum atomic E-state index is -0.374. The maximum Gasteiger partial charge on any atom is 0.261 e. The number of anilines is 1. The molecule has 8 heteroatoms. The van der Waals surface area contributed by atoms with Crippen LogP contribution < -0.4 is 5.32 Å². The monoisotopic (exact) mass is 380 g/mol. The van der Waals surface area contributed by atoms with Gasteiger partial charge in [-0.15, -0.1) is 10.2 Å². The van der Waals surface area contributed by atoms with Crippen LogP contribution in [0.3, 0.4) is 0 Å². The summed E-state index contributed by atoms with van der Waals surface area (Å²) < 4.78 is 0. The first-order chi connectivity index (χ1) is 13.1. The van der Waals surface area contributed by atoms with E-state index in [1.165, 1.54) is 11.3 Å². The summed E-state index contributed by atoms with van der Waals surface area (Å²) in [6.07, 6.45) is 0.742. The Hall–Kier alpha value is -3.13. The van der Waals surface area contributed by atoms with Gasteiger partial charge in [0.25, 0.3) is 11.8 Å². The summed E-state index contributed by atoms with van der Waals surface area (Å²) in [6.45, 7) is 1.96. The Labute approximate surface area is 159 Å². The van der Waals surface area contributed by atoms with Crippen LogP contribution in [0.2, 0.25) is 0 Å². The summed E-state index contributed by atoms with van der Waals surface area (Å²) in [5.41, 5.74) is 0.972. The Morgan fingerprint density at radius 3 is 2.33 bits per heavy atom. The van der Waals surface area contributed by atoms with Crippen molar-refractivity contribution >= 4 is 45.0 Å². The fourth-order valence-corrected chi connectivity index (χ4v) is 3.82. The standard InChI is InChI=1S/C19H16N4O3S/c1-2-15-21-22-19(27-15)20-14(24)9-10-23-17(25)12-7-3-5-11-6-4-8-13(16(11)12)18(23)26/h3-8H,2,9-10H2,1H3,(H,20,22,24). The van der Waals surface area contributed by atoms with Crippen molar-refractivity contribution in [2.75, 3.05) is 11.9 Å². The number of carbonyl (C=O) groups excluding carboxylic acids is 3. The van der Waals surface area contributed by atoms with Crippen molar-refractivity contribution in [1.29, 1.82) is 0 Å². The second-order valence-corrected chi connectivity index (χ2v) is 7.19. The molecule has 0 radical (unpaired) electrons. The second kappa shape index (κ2) is 6.88. The Bertz CT molecular complexity index is 1030. The molecule has 1 aromatic heterocycles. The smallest absolute Gasteiger partial charge is 0.261 e. The van der Waals surface area contributed by atoms with Gasteiger partial charge < -0.3 is 5.32 Å². The van der Waals surface area contributed by atoms with E-state index in [1.54, 1.807) is 24.3 Å². The van der Waals surface area contributed by atoms with Crippen molar-refractivity contribution in [3.8, 4) is 0 Å². The molecule has 3 aromatic rings. The van der Waals surface area contributed by atoms with Crippen molar-refractivity contribution in [1.82, 2.24) is 15.1 Å². The van der Waals surface area contributed by atoms with Crippen LogP contribution >= 0.6 is 11.3 Å². The van der Waals surface area contributed by atoms with Crippen LogP contribution in [0.5, 0.6) is 0 Å². The Balaban J connectivity index is 1.51. The van der Waals surface area contributed by atoms with Crippen molar-refractivity contribution < 1.29 is 14.4 Å². The van der Waals surface area contributed by atoms with Gasteiger partial charge in [-0.3, -0.25) is 19.3 Å². The number of benzene rings is 2. The first-order valence-electron chi connectivity index (χ1n) is 8.58. The predicted octanol–water partition coefficient (Wildman–Crippen LogP) is 2.88. The average molecular weight is 380 g/mol. The molecular weight excluding hydrogens is 364 g/mol. The summed E-state index contributed by atoms with van der Waals surface area (Å²) in [4.78, 5) is 38.9. The SMILES string of the molecule is CCc1nnc(NC(=O)CCN2C(=O)c3cccc4cccc(c34)C2=O)s1. The molecule has 7 nitrogen and oxygen atoms in total. The zero-order chi connectivity index (χ0) is 19.0. The summed E-state index contributed by atoms with van der Waals surface area (Å²) in [7, 11) is 0. The normalized spacial score (nSPS) is 13.3. The average Bonchev–Trinajstić information content (AvgIpc) is 3.13. The molecule has 4 rings (SSSR count). The lowest BCUT2D eigenvalue weighted by atomic mass is 9.94. The molecule has 1 N–H and O–H groups in total. The van der Waals surface area contributed by atoms with Crippen molar-refractivity contribution in [3.05, 3.63) is 52.5 Å². The van der Waals surface area contributed by atoms with Gasteiger partial charge in [0.2, 0.25) is 11.0 Å². The van der Waals surface area contributed by atoms with E-state index in [4.69, 9.17) is 0 Å². The molecule has 1 aliphatic heterocycles. The number of carbonyl (C=O) groups is 3. The number of hydrogen-bond donors (Lipinski definition) is 1. The van der Waals surface area contributed by atoms with Crippen LogP contribution in [-0.4, -0.2) is 39.4 Å². The van der Waals surface area contributed by atoms with E-state index in [0.717, 1.165) is 21.7 Å². The number of nitrogens with zero attached hydrogens (tertiary/aromatic N) is 3. The van der Waals surface area contributed by atoms with Crippen LogP contribution in [0.1, 0.15) is 39.1 Å². The van der Waals surface area contributed by atoms with Crippen LogP contribution in [-0.2, 0) is 11.2 Å². The fourth-order valence-electron chi connectivity index (χ4n) is 3.13. The van der Waals surface area contributed by atoms with Crippen molar-refractivity contribution in [2.45, 2.75) is 19.8 Å². The first kappa shape index (κ1) is 17.3. The molecule has 2 aromatic carbocycles. The van der Waals surface area contributed by atoms with Crippen molar-refractivity contribution in [2.24, 2.45) is 0 Å². The van der Waals surface area contributed by atoms with Crippen LogP contribution in [0, 0.1) is 0 Å². The molecule has 0 aliphatic carbocycles. The van der Waals surface area contributed by atoms with Gasteiger partial charge >= 0.3 is 0 Å². The maximum absolute atomic E-state index is 12.8. The number of rotatable bonds is 5. The van der Waals surface area contributed by atoms with Gasteiger partial charge in [-0.2, -0.15) is 0 Å². The molecule has 0 spiro atoms. The lowest BCUT2D eigenvalue weighted by Crippen LogP contribution is -2.41. The summed E-state index contributed by atoms with van der Waals surface area (Å²) in [5.74, 6) is -1.06. The molecular formula is C19H16N4O3S. The number of amides is 3. The number of imide groups is 1. The van der Waals surface area contributed by atoms with E-state index >= 15 is 0 Å². The molecule has 0 unspecified atom stereocenters. The molecule has 0 atom stereocenters. The molecule has 0 fully saturated rings. The Kier molecular flexibility index (Phi) is 4.41. The molecule has 2 heterocycles. The van der Waals surface area contributed by atoms with E-state index in [2.05, 4.69) is 15.5 Å². The van der Waals surface area contributed by atoms with Gasteiger partial charge in [-0.25, -0.2) is 0 Å². The quantitative estimate of drug-likeness (QED) is 0.687. The third-order valence-corrected chi connectivity index (χ3v) is 5.42. The zero-order valence-corrected chi connectivity index (χ0v) is 15.4. The highest BCUT2D eigenvalue weighted by Crippen LogP contribution is 2.30. The van der Waals surface area contributed by atoms with Gasteiger partial charge in [0, 0.05) is 29.5 Å². The first-order valence-corrected chi connectivity index (χ1v) is 9.40. The van der Waals surface area contributed by atoms with E-state index in [1.807, 2.05) is 19.1 Å². The topological polar surface area (TPSA) is 92.3 Å². The number of hydrogen-bond acceptors (Lipinski definition) is 6. The molecule has 1 aliphatic rings. The third-order valence-electron chi connectivity index (χ3n) is 4.43. The molecule has 136 valence electrons. The molecule has 0 bridgehead atoms. The number of aromatic nitrogens is 2. The summed E-state index contributed by atoms with van der Waals surface area (Å²) >= 11 is 1.31. The minimum Gasteiger partial charge on any atom is -0.300 e. The summed E-state index contributed by atoms with van der Waals surface area (Å²) in [6, 6.07) is 10.8. The molecule has 0 saturated carbocycles. The molecule has 3 amide bonds. The van der Waals surface area contributed by atoms with Crippen LogP contribution in [0.25, 0.3) is 10.8 Å². The van der Waals surface area contributed by atoms with E-state index in [0.29, 0.717) is 21.6 Å². The van der Waals surface area contributed by atoms with Gasteiger partial charge in [-0.05, 0) is 23.9 Å². The highest BCUT2D eigenvalue weighted by Gasteiger charge is 2.32. The van der Waals surface area contributed by atoms with Gasteiger partial charge in [0.05, 0.1) is 0 Å². The minimum absolute atomic E-state index is 0.00331. The largest absolute Gasteiger partial charge is 0.300 e. The van der Waals surface area contributed by atoms with Gasteiger partial charge in [-0.1, -0.05) is 42.5 Å². The Morgan fingerprint density at radius 1 is 1.07 bits per heavy atom. The van der Waals surface area contributed by atoms with Crippen molar-refractivity contribution in [3.63, 3.8) is 0 Å². The van der Waals surface area contributed by atoms with Crippen LogP contribution in [0.15, 0.2) is 36.4 Å². The van der Waals surface area contributed by atoms with Gasteiger partial charge in [0.15, 0.2) is 0 Å². The highest BCUT2D eigenvalue weighted by atomic mass is 32.1. The zero-order valence-electron chi connectivity index (χ0n) is 14.6. The Morgan fingerprint density at radius 2 is 1.74 bits per heavy atom. The third kappa shape index (κ3) is 3.08. The lowest BCUT2D eigenvalue weighted by molar-refractivity contribution is -0.116. The highest BCUT2D eigenvalue weighted by molar-refractivity contribution is 7.15. The van der Waals surface area contributed by atoms with E-state index < -0.39 is 0 Å². The van der Waals surface area contributed by atoms with E-state index in [9.17, 15) is 14.4 Å². The predicted molar refractivity (Wildman–Crippen MR) is 102 cm³/mol. The fraction of sp³-hybridized carbons (Fsp3) is 0.211. The second-order valence-electron chi connectivity index (χ2n) is 6.12. The molecule has 0 saturated heterocycles. The number of nitrogens with one attached hydrogen (secondary N) is 1.